The van der Waals surface area contributed by atoms with Crippen LogP contribution in [0.15, 0.2) is 22.7 Å². The van der Waals surface area contributed by atoms with E-state index in [-0.39, 0.29) is 5.82 Å². The molecule has 1 nitrogen and oxygen atoms in total. The molecule has 0 saturated heterocycles. The molecule has 0 aromatic heterocycles. The van der Waals surface area contributed by atoms with E-state index in [4.69, 9.17) is 5.26 Å². The van der Waals surface area contributed by atoms with Crippen LogP contribution >= 0.6 is 15.9 Å². The molecule has 0 amide bonds. The molecule has 0 aliphatic rings. The van der Waals surface area contributed by atoms with Crippen molar-refractivity contribution in [2.45, 2.75) is 12.8 Å². The van der Waals surface area contributed by atoms with Gasteiger partial charge in [0, 0.05) is 10.9 Å². The van der Waals surface area contributed by atoms with Crippen LogP contribution in [0.1, 0.15) is 12.0 Å². The number of nitrogens with zero attached hydrogens (tertiary/aromatic N) is 1. The molecule has 0 unspecified atom stereocenters. The summed E-state index contributed by atoms with van der Waals surface area (Å²) < 4.78 is 13.5. The van der Waals surface area contributed by atoms with Crippen molar-refractivity contribution in [1.29, 1.82) is 5.26 Å². The Morgan fingerprint density at radius 2 is 2.25 bits per heavy atom. The van der Waals surface area contributed by atoms with Gasteiger partial charge < -0.3 is 0 Å². The van der Waals surface area contributed by atoms with E-state index in [9.17, 15) is 4.39 Å². The lowest BCUT2D eigenvalue weighted by Gasteiger charge is -2.00. The SMILES string of the molecule is N#CCCc1cc(F)ccc1Br. The molecule has 0 aliphatic heterocycles. The van der Waals surface area contributed by atoms with Crippen molar-refractivity contribution in [1.82, 2.24) is 0 Å². The molecule has 1 rings (SSSR count). The number of hydrogen-bond acceptors (Lipinski definition) is 1. The molecule has 0 aliphatic carbocycles. The van der Waals surface area contributed by atoms with Crippen molar-refractivity contribution in [3.05, 3.63) is 34.1 Å². The van der Waals surface area contributed by atoms with Crippen LogP contribution in [0.5, 0.6) is 0 Å². The minimum absolute atomic E-state index is 0.258. The van der Waals surface area contributed by atoms with Crippen LogP contribution in [0.25, 0.3) is 0 Å². The molecule has 1 aromatic rings. The number of benzene rings is 1. The summed E-state index contributed by atoms with van der Waals surface area (Å²) in [6.45, 7) is 0. The summed E-state index contributed by atoms with van der Waals surface area (Å²) in [7, 11) is 0. The van der Waals surface area contributed by atoms with Crippen LogP contribution in [-0.4, -0.2) is 0 Å². The van der Waals surface area contributed by atoms with Crippen LogP contribution < -0.4 is 0 Å². The monoisotopic (exact) mass is 227 g/mol. The number of aryl methyl sites for hydroxylation is 1. The van der Waals surface area contributed by atoms with Gasteiger partial charge in [0.05, 0.1) is 6.07 Å². The molecular formula is C9H7BrFN. The van der Waals surface area contributed by atoms with Crippen molar-refractivity contribution < 1.29 is 4.39 Å². The second kappa shape index (κ2) is 4.22. The summed E-state index contributed by atoms with van der Waals surface area (Å²) in [5.41, 5.74) is 0.844. The second-order valence-electron chi connectivity index (χ2n) is 2.39. The highest BCUT2D eigenvalue weighted by Crippen LogP contribution is 2.18. The van der Waals surface area contributed by atoms with Crippen LogP contribution in [0.4, 0.5) is 4.39 Å². The summed E-state index contributed by atoms with van der Waals surface area (Å²) in [5.74, 6) is -0.258. The Morgan fingerprint density at radius 3 is 2.92 bits per heavy atom. The first-order valence-electron chi connectivity index (χ1n) is 3.55. The Hall–Kier alpha value is -0.880. The molecule has 0 heterocycles. The molecule has 12 heavy (non-hydrogen) atoms. The first kappa shape index (κ1) is 9.21. The molecule has 62 valence electrons. The van der Waals surface area contributed by atoms with Gasteiger partial charge in [-0.25, -0.2) is 4.39 Å². The fourth-order valence-corrected chi connectivity index (χ4v) is 1.37. The zero-order valence-corrected chi connectivity index (χ0v) is 7.94. The maximum atomic E-state index is 12.7. The van der Waals surface area contributed by atoms with Gasteiger partial charge in [-0.2, -0.15) is 5.26 Å². The smallest absolute Gasteiger partial charge is 0.123 e. The van der Waals surface area contributed by atoms with E-state index in [0.717, 1.165) is 10.0 Å². The Morgan fingerprint density at radius 1 is 1.50 bits per heavy atom. The standard InChI is InChI=1S/C9H7BrFN/c10-9-4-3-8(11)6-7(9)2-1-5-12/h3-4,6H,1-2H2. The molecule has 0 radical (unpaired) electrons. The average Bonchev–Trinajstić information content (AvgIpc) is 2.07. The van der Waals surface area contributed by atoms with Crippen molar-refractivity contribution in [2.24, 2.45) is 0 Å². The van der Waals surface area contributed by atoms with Gasteiger partial charge in [-0.3, -0.25) is 0 Å². The maximum absolute atomic E-state index is 12.7. The number of halogens is 2. The molecule has 0 N–H and O–H groups in total. The van der Waals surface area contributed by atoms with Crippen LogP contribution in [0.2, 0.25) is 0 Å². The summed E-state index contributed by atoms with van der Waals surface area (Å²) in [5, 5.41) is 8.33. The largest absolute Gasteiger partial charge is 0.207 e. The number of rotatable bonds is 2. The molecule has 0 fully saturated rings. The van der Waals surface area contributed by atoms with Crippen molar-refractivity contribution in [2.75, 3.05) is 0 Å². The molecule has 0 atom stereocenters. The first-order valence-corrected chi connectivity index (χ1v) is 4.34. The minimum Gasteiger partial charge on any atom is -0.207 e. The van der Waals surface area contributed by atoms with Crippen LogP contribution in [-0.2, 0) is 6.42 Å². The van der Waals surface area contributed by atoms with E-state index in [2.05, 4.69) is 15.9 Å². The zero-order valence-electron chi connectivity index (χ0n) is 6.35. The predicted octanol–water partition coefficient (Wildman–Crippen LogP) is 3.04. The van der Waals surface area contributed by atoms with Crippen LogP contribution in [0.3, 0.4) is 0 Å². The lowest BCUT2D eigenvalue weighted by atomic mass is 10.1. The topological polar surface area (TPSA) is 23.8 Å². The van der Waals surface area contributed by atoms with Gasteiger partial charge in [-0.1, -0.05) is 15.9 Å². The lowest BCUT2D eigenvalue weighted by Crippen LogP contribution is -1.87. The van der Waals surface area contributed by atoms with Crippen molar-refractivity contribution in [3.63, 3.8) is 0 Å². The second-order valence-corrected chi connectivity index (χ2v) is 3.25. The van der Waals surface area contributed by atoms with E-state index >= 15 is 0 Å². The normalized spacial score (nSPS) is 9.42. The highest BCUT2D eigenvalue weighted by molar-refractivity contribution is 9.10. The summed E-state index contributed by atoms with van der Waals surface area (Å²) in [4.78, 5) is 0. The highest BCUT2D eigenvalue weighted by atomic mass is 79.9. The number of nitriles is 1. The summed E-state index contributed by atoms with van der Waals surface area (Å²) in [6, 6.07) is 6.51. The van der Waals surface area contributed by atoms with Crippen molar-refractivity contribution in [3.8, 4) is 6.07 Å². The molecule has 0 saturated carbocycles. The van der Waals surface area contributed by atoms with Gasteiger partial charge in [0.2, 0.25) is 0 Å². The molecule has 0 spiro atoms. The predicted molar refractivity (Wildman–Crippen MR) is 48.0 cm³/mol. The van der Waals surface area contributed by atoms with Crippen LogP contribution in [0, 0.1) is 17.1 Å². The number of hydrogen-bond donors (Lipinski definition) is 0. The summed E-state index contributed by atoms with van der Waals surface area (Å²) in [6.07, 6.45) is 1.01. The third-order valence-electron chi connectivity index (χ3n) is 1.51. The van der Waals surface area contributed by atoms with Crippen molar-refractivity contribution >= 4 is 15.9 Å². The van der Waals surface area contributed by atoms with E-state index in [1.165, 1.54) is 12.1 Å². The van der Waals surface area contributed by atoms with E-state index in [1.54, 1.807) is 6.07 Å². The van der Waals surface area contributed by atoms with Gasteiger partial charge in [-0.15, -0.1) is 0 Å². The third-order valence-corrected chi connectivity index (χ3v) is 2.29. The van der Waals surface area contributed by atoms with E-state index in [0.29, 0.717) is 12.8 Å². The highest BCUT2D eigenvalue weighted by Gasteiger charge is 2.00. The van der Waals surface area contributed by atoms with Gasteiger partial charge in [0.25, 0.3) is 0 Å². The maximum Gasteiger partial charge on any atom is 0.123 e. The summed E-state index contributed by atoms with van der Waals surface area (Å²) >= 11 is 3.28. The van der Waals surface area contributed by atoms with Gasteiger partial charge in [0.1, 0.15) is 5.82 Å². The van der Waals surface area contributed by atoms with Gasteiger partial charge >= 0.3 is 0 Å². The third kappa shape index (κ3) is 2.31. The first-order chi connectivity index (χ1) is 5.74. The Kier molecular flexibility index (Phi) is 3.24. The quantitative estimate of drug-likeness (QED) is 0.763. The lowest BCUT2D eigenvalue weighted by molar-refractivity contribution is 0.625. The molecule has 1 aromatic carbocycles. The fourth-order valence-electron chi connectivity index (χ4n) is 0.925. The Bertz CT molecular complexity index is 317. The zero-order chi connectivity index (χ0) is 8.97. The van der Waals surface area contributed by atoms with E-state index < -0.39 is 0 Å². The minimum atomic E-state index is -0.258. The molecule has 3 heteroatoms. The average molecular weight is 228 g/mol. The Labute approximate surface area is 79.0 Å². The van der Waals surface area contributed by atoms with Gasteiger partial charge in [0.15, 0.2) is 0 Å². The molecular weight excluding hydrogens is 221 g/mol. The Balaban J connectivity index is 2.84. The van der Waals surface area contributed by atoms with E-state index in [1.807, 2.05) is 6.07 Å². The van der Waals surface area contributed by atoms with Gasteiger partial charge in [-0.05, 0) is 30.2 Å². The fraction of sp³-hybridized carbons (Fsp3) is 0.222. The molecule has 0 bridgehead atoms.